The standard InChI is InChI=1S/C9H10BrFO/c1-9(2,12)6-4-3-5-7(10)8(6)11/h3-5,12H,1-2H3. The molecule has 1 rings (SSSR count). The molecule has 0 bridgehead atoms. The second-order valence-corrected chi connectivity index (χ2v) is 4.01. The molecule has 3 heteroatoms. The zero-order valence-corrected chi connectivity index (χ0v) is 8.52. The van der Waals surface area contributed by atoms with Gasteiger partial charge in [-0.15, -0.1) is 0 Å². The van der Waals surface area contributed by atoms with Crippen LogP contribution in [0.2, 0.25) is 0 Å². The van der Waals surface area contributed by atoms with Crippen molar-refractivity contribution in [3.63, 3.8) is 0 Å². The van der Waals surface area contributed by atoms with Crippen LogP contribution in [0.4, 0.5) is 4.39 Å². The topological polar surface area (TPSA) is 20.2 Å². The molecular weight excluding hydrogens is 223 g/mol. The van der Waals surface area contributed by atoms with Crippen molar-refractivity contribution in [3.05, 3.63) is 34.1 Å². The van der Waals surface area contributed by atoms with Gasteiger partial charge < -0.3 is 5.11 Å². The van der Waals surface area contributed by atoms with Crippen molar-refractivity contribution in [2.24, 2.45) is 0 Å². The van der Waals surface area contributed by atoms with E-state index >= 15 is 0 Å². The van der Waals surface area contributed by atoms with Gasteiger partial charge in [-0.1, -0.05) is 12.1 Å². The minimum atomic E-state index is -1.13. The fourth-order valence-electron chi connectivity index (χ4n) is 0.976. The van der Waals surface area contributed by atoms with Gasteiger partial charge in [0, 0.05) is 5.56 Å². The van der Waals surface area contributed by atoms with Gasteiger partial charge in [0.15, 0.2) is 0 Å². The molecule has 1 nitrogen and oxygen atoms in total. The van der Waals surface area contributed by atoms with E-state index in [-0.39, 0.29) is 0 Å². The van der Waals surface area contributed by atoms with Gasteiger partial charge in [-0.3, -0.25) is 0 Å². The predicted molar refractivity (Wildman–Crippen MR) is 49.3 cm³/mol. The molecular formula is C9H10BrFO. The van der Waals surface area contributed by atoms with Gasteiger partial charge in [-0.2, -0.15) is 0 Å². The smallest absolute Gasteiger partial charge is 0.143 e. The van der Waals surface area contributed by atoms with Crippen LogP contribution in [0, 0.1) is 5.82 Å². The van der Waals surface area contributed by atoms with Crippen LogP contribution in [0.3, 0.4) is 0 Å². The van der Waals surface area contributed by atoms with Crippen LogP contribution in [0.5, 0.6) is 0 Å². The van der Waals surface area contributed by atoms with Crippen molar-refractivity contribution in [1.29, 1.82) is 0 Å². The summed E-state index contributed by atoms with van der Waals surface area (Å²) < 4.78 is 13.7. The molecule has 0 saturated carbocycles. The van der Waals surface area contributed by atoms with Crippen molar-refractivity contribution in [3.8, 4) is 0 Å². The first-order valence-electron chi connectivity index (χ1n) is 3.60. The summed E-state index contributed by atoms with van der Waals surface area (Å²) in [6.45, 7) is 3.11. The van der Waals surface area contributed by atoms with Crippen LogP contribution in [-0.4, -0.2) is 5.11 Å². The second-order valence-electron chi connectivity index (χ2n) is 3.16. The molecule has 12 heavy (non-hydrogen) atoms. The highest BCUT2D eigenvalue weighted by Gasteiger charge is 2.21. The van der Waals surface area contributed by atoms with E-state index in [4.69, 9.17) is 0 Å². The molecule has 0 aliphatic heterocycles. The van der Waals surface area contributed by atoms with Crippen molar-refractivity contribution < 1.29 is 9.50 Å². The van der Waals surface area contributed by atoms with Crippen molar-refractivity contribution in [1.82, 2.24) is 0 Å². The average molecular weight is 233 g/mol. The Morgan fingerprint density at radius 1 is 1.42 bits per heavy atom. The van der Waals surface area contributed by atoms with Crippen LogP contribution in [-0.2, 0) is 5.60 Å². The van der Waals surface area contributed by atoms with Gasteiger partial charge in [0.2, 0.25) is 0 Å². The van der Waals surface area contributed by atoms with E-state index in [0.717, 1.165) is 0 Å². The Labute approximate surface area is 79.4 Å². The maximum absolute atomic E-state index is 13.3. The summed E-state index contributed by atoms with van der Waals surface area (Å²) in [7, 11) is 0. The third kappa shape index (κ3) is 1.84. The van der Waals surface area contributed by atoms with E-state index in [0.29, 0.717) is 10.0 Å². The molecule has 1 N–H and O–H groups in total. The van der Waals surface area contributed by atoms with Crippen LogP contribution >= 0.6 is 15.9 Å². The molecule has 0 radical (unpaired) electrons. The second kappa shape index (κ2) is 3.15. The van der Waals surface area contributed by atoms with E-state index in [2.05, 4.69) is 15.9 Å². The summed E-state index contributed by atoms with van der Waals surface area (Å²) in [6.07, 6.45) is 0. The van der Waals surface area contributed by atoms with Crippen LogP contribution in [0.25, 0.3) is 0 Å². The molecule has 66 valence electrons. The van der Waals surface area contributed by atoms with Crippen molar-refractivity contribution in [2.45, 2.75) is 19.4 Å². The molecule has 1 aromatic rings. The summed E-state index contributed by atoms with van der Waals surface area (Å²) >= 11 is 3.05. The highest BCUT2D eigenvalue weighted by Crippen LogP contribution is 2.27. The number of hydrogen-bond acceptors (Lipinski definition) is 1. The number of hydrogen-bond donors (Lipinski definition) is 1. The third-order valence-electron chi connectivity index (χ3n) is 1.61. The fourth-order valence-corrected chi connectivity index (χ4v) is 1.34. The Bertz CT molecular complexity index is 291. The Hall–Kier alpha value is -0.410. The maximum atomic E-state index is 13.3. The third-order valence-corrected chi connectivity index (χ3v) is 2.22. The van der Waals surface area contributed by atoms with E-state index in [1.54, 1.807) is 32.0 Å². The first kappa shape index (κ1) is 9.68. The minimum Gasteiger partial charge on any atom is -0.386 e. The number of rotatable bonds is 1. The van der Waals surface area contributed by atoms with E-state index < -0.39 is 11.4 Å². The number of halogens is 2. The molecule has 0 atom stereocenters. The average Bonchev–Trinajstić information content (AvgIpc) is 1.92. The zero-order chi connectivity index (χ0) is 9.35. The Morgan fingerprint density at radius 2 is 2.00 bits per heavy atom. The molecule has 0 aliphatic rings. The molecule has 0 spiro atoms. The Balaban J connectivity index is 3.26. The SMILES string of the molecule is CC(C)(O)c1cccc(Br)c1F. The van der Waals surface area contributed by atoms with Gasteiger partial charge in [0.05, 0.1) is 10.1 Å². The molecule has 0 unspecified atom stereocenters. The van der Waals surface area contributed by atoms with Gasteiger partial charge in [-0.25, -0.2) is 4.39 Å². The lowest BCUT2D eigenvalue weighted by molar-refractivity contribution is 0.0744. The first-order valence-corrected chi connectivity index (χ1v) is 4.39. The van der Waals surface area contributed by atoms with Gasteiger partial charge in [0.25, 0.3) is 0 Å². The first-order chi connectivity index (χ1) is 5.43. The van der Waals surface area contributed by atoms with Crippen molar-refractivity contribution in [2.75, 3.05) is 0 Å². The number of aliphatic hydroxyl groups is 1. The van der Waals surface area contributed by atoms with Gasteiger partial charge >= 0.3 is 0 Å². The highest BCUT2D eigenvalue weighted by molar-refractivity contribution is 9.10. The monoisotopic (exact) mass is 232 g/mol. The highest BCUT2D eigenvalue weighted by atomic mass is 79.9. The number of benzene rings is 1. The summed E-state index contributed by atoms with van der Waals surface area (Å²) in [5.74, 6) is -0.398. The lowest BCUT2D eigenvalue weighted by Gasteiger charge is -2.18. The van der Waals surface area contributed by atoms with E-state index in [1.807, 2.05) is 0 Å². The Kier molecular flexibility index (Phi) is 2.54. The van der Waals surface area contributed by atoms with Crippen molar-refractivity contribution >= 4 is 15.9 Å². The van der Waals surface area contributed by atoms with Gasteiger partial charge in [-0.05, 0) is 35.8 Å². The summed E-state index contributed by atoms with van der Waals surface area (Å²) in [6, 6.07) is 4.87. The fraction of sp³-hybridized carbons (Fsp3) is 0.333. The molecule has 0 fully saturated rings. The summed E-state index contributed by atoms with van der Waals surface area (Å²) in [5.41, 5.74) is -0.828. The molecule has 0 aromatic heterocycles. The molecule has 0 heterocycles. The largest absolute Gasteiger partial charge is 0.386 e. The van der Waals surface area contributed by atoms with E-state index in [1.165, 1.54) is 0 Å². The molecule has 0 saturated heterocycles. The molecule has 1 aromatic carbocycles. The lowest BCUT2D eigenvalue weighted by Crippen LogP contribution is -2.17. The van der Waals surface area contributed by atoms with Crippen LogP contribution in [0.15, 0.2) is 22.7 Å². The normalized spacial score (nSPS) is 11.8. The van der Waals surface area contributed by atoms with Crippen LogP contribution < -0.4 is 0 Å². The summed E-state index contributed by atoms with van der Waals surface area (Å²) in [5, 5.41) is 9.53. The minimum absolute atomic E-state index is 0.303. The lowest BCUT2D eigenvalue weighted by atomic mass is 9.98. The molecule has 0 amide bonds. The Morgan fingerprint density at radius 3 is 2.42 bits per heavy atom. The quantitative estimate of drug-likeness (QED) is 0.790. The maximum Gasteiger partial charge on any atom is 0.143 e. The van der Waals surface area contributed by atoms with Gasteiger partial charge in [0.1, 0.15) is 5.82 Å². The van der Waals surface area contributed by atoms with E-state index in [9.17, 15) is 9.50 Å². The van der Waals surface area contributed by atoms with Crippen LogP contribution in [0.1, 0.15) is 19.4 Å². The predicted octanol–water partition coefficient (Wildman–Crippen LogP) is 2.82. The zero-order valence-electron chi connectivity index (χ0n) is 6.94. The summed E-state index contributed by atoms with van der Waals surface area (Å²) in [4.78, 5) is 0. The molecule has 0 aliphatic carbocycles.